The van der Waals surface area contributed by atoms with Crippen molar-refractivity contribution in [2.24, 2.45) is 51.2 Å². The highest BCUT2D eigenvalue weighted by molar-refractivity contribution is 6.02. The number of carbonyl (C=O) groups excluding carboxylic acids is 4. The number of nitrogens with one attached hydrogen (secondary N) is 2. The van der Waals surface area contributed by atoms with E-state index in [9.17, 15) is 29.1 Å². The highest BCUT2D eigenvalue weighted by atomic mass is 16.6. The molecular formula is C44H69N3O8. The van der Waals surface area contributed by atoms with Crippen molar-refractivity contribution in [1.82, 2.24) is 15.5 Å². The largest absolute Gasteiger partial charge is 0.481 e. The Morgan fingerprint density at radius 2 is 1.56 bits per heavy atom. The van der Waals surface area contributed by atoms with Gasteiger partial charge in [-0.05, 0) is 144 Å². The van der Waals surface area contributed by atoms with Crippen molar-refractivity contribution < 1.29 is 38.6 Å². The minimum atomic E-state index is -1.18. The van der Waals surface area contributed by atoms with E-state index in [2.05, 4.69) is 52.2 Å². The Labute approximate surface area is 328 Å². The maximum atomic E-state index is 14.1. The third kappa shape index (κ3) is 7.32. The number of carboxylic acids is 1. The number of Topliss-reactive ketones (excluding diaryl/α,β-unsaturated/α-hetero) is 1. The third-order valence-corrected chi connectivity index (χ3v) is 15.5. The minimum absolute atomic E-state index is 0.0495. The molecule has 308 valence electrons. The number of esters is 1. The molecule has 9 atom stereocenters. The number of ether oxygens (including phenoxy) is 2. The summed E-state index contributed by atoms with van der Waals surface area (Å²) in [6.07, 6.45) is 7.60. The second-order valence-corrected chi connectivity index (χ2v) is 21.4. The number of rotatable bonds is 7. The third-order valence-electron chi connectivity index (χ3n) is 15.5. The number of allylic oxidation sites excluding steroid dienone is 1. The lowest BCUT2D eigenvalue weighted by Crippen LogP contribution is -2.64. The average molecular weight is 768 g/mol. The molecule has 5 aliphatic carbocycles. The van der Waals surface area contributed by atoms with Crippen molar-refractivity contribution in [3.63, 3.8) is 0 Å². The quantitative estimate of drug-likeness (QED) is 0.220. The molecule has 0 aromatic carbocycles. The maximum Gasteiger partial charge on any atom is 0.407 e. The van der Waals surface area contributed by atoms with Crippen LogP contribution >= 0.6 is 0 Å². The maximum absolute atomic E-state index is 14.1. The van der Waals surface area contributed by atoms with E-state index in [1.807, 2.05) is 20.8 Å². The molecule has 0 aromatic heterocycles. The summed E-state index contributed by atoms with van der Waals surface area (Å²) in [5, 5.41) is 16.0. The van der Waals surface area contributed by atoms with Crippen LogP contribution in [0.2, 0.25) is 0 Å². The Kier molecular flexibility index (Phi) is 10.6. The van der Waals surface area contributed by atoms with Crippen LogP contribution in [0.25, 0.3) is 0 Å². The topological polar surface area (TPSA) is 151 Å². The van der Waals surface area contributed by atoms with Crippen molar-refractivity contribution in [1.29, 1.82) is 0 Å². The zero-order valence-electron chi connectivity index (χ0n) is 35.5. The zero-order valence-corrected chi connectivity index (χ0v) is 35.5. The Morgan fingerprint density at radius 1 is 0.891 bits per heavy atom. The Hall–Kier alpha value is -3.11. The number of fused-ring (bicyclic) bond motifs is 7. The van der Waals surface area contributed by atoms with Gasteiger partial charge < -0.3 is 30.1 Å². The van der Waals surface area contributed by atoms with Crippen LogP contribution in [0.1, 0.15) is 147 Å². The van der Waals surface area contributed by atoms with Crippen molar-refractivity contribution in [3.8, 4) is 0 Å². The molecule has 5 fully saturated rings. The molecule has 3 N–H and O–H groups in total. The van der Waals surface area contributed by atoms with Crippen molar-refractivity contribution >= 4 is 29.8 Å². The first-order valence-corrected chi connectivity index (χ1v) is 21.1. The summed E-state index contributed by atoms with van der Waals surface area (Å²) in [5.74, 6) is 0.241. The number of hydrogen-bond donors (Lipinski definition) is 3. The lowest BCUT2D eigenvalue weighted by atomic mass is 9.37. The molecule has 3 amide bonds. The van der Waals surface area contributed by atoms with Gasteiger partial charge in [0.2, 0.25) is 0 Å². The number of likely N-dealkylation sites (tertiary alicyclic amines) is 1. The summed E-state index contributed by atoms with van der Waals surface area (Å²) < 4.78 is 11.6. The molecule has 6 rings (SSSR count). The molecule has 0 spiro atoms. The number of urea groups is 1. The number of ketones is 1. The minimum Gasteiger partial charge on any atom is -0.481 e. The molecule has 0 radical (unpaired) electrons. The van der Waals surface area contributed by atoms with Gasteiger partial charge in [0.25, 0.3) is 0 Å². The van der Waals surface area contributed by atoms with Crippen LogP contribution < -0.4 is 10.6 Å². The number of amides is 3. The lowest BCUT2D eigenvalue weighted by molar-refractivity contribution is -0.213. The van der Waals surface area contributed by atoms with Gasteiger partial charge in [0.1, 0.15) is 11.7 Å². The predicted molar refractivity (Wildman–Crippen MR) is 209 cm³/mol. The SMILES string of the molecule is CC(C)C1=C2C3CCC4[C@@](C)(CCC5C(C)(C)[C@@H](OC(=O)CC(C)(C)C(=O)O)CC[C@@]54C)C3CC[C@@]2(NC(=O)N2CCC(NC(=O)OC(C)(C)C)C2)CC1=O. The molecule has 55 heavy (non-hydrogen) atoms. The van der Waals surface area contributed by atoms with Gasteiger partial charge in [-0.25, -0.2) is 9.59 Å². The molecule has 6 aliphatic rings. The fourth-order valence-electron chi connectivity index (χ4n) is 13.1. The Bertz CT molecular complexity index is 1630. The molecule has 0 aromatic rings. The first-order chi connectivity index (χ1) is 25.3. The molecule has 1 aliphatic heterocycles. The van der Waals surface area contributed by atoms with Gasteiger partial charge in [0.05, 0.1) is 23.4 Å². The standard InChI is InChI=1S/C44H69N3O8/c1-25(2)34-29(48)22-44(46-37(52)47-21-17-26(24-47)45-38(53)55-39(3,4)5)20-14-28-27(35(34)44)12-13-31-42(28,10)18-15-30-41(8,9)32(16-19-43(30,31)11)54-33(49)23-40(6,7)36(50)51/h25-28,30-32H,12-24H2,1-11H3,(H,45,53)(H,46,52)(H,50,51)/t26?,27?,28?,30?,31?,32-,42-,43-,44+/m0/s1. The van der Waals surface area contributed by atoms with E-state index in [0.29, 0.717) is 43.7 Å². The second kappa shape index (κ2) is 14.1. The Morgan fingerprint density at radius 3 is 2.20 bits per heavy atom. The summed E-state index contributed by atoms with van der Waals surface area (Å²) in [6, 6.07) is -0.357. The van der Waals surface area contributed by atoms with E-state index in [4.69, 9.17) is 9.47 Å². The summed E-state index contributed by atoms with van der Waals surface area (Å²) in [5.41, 5.74) is -0.489. The van der Waals surface area contributed by atoms with Gasteiger partial charge in [-0.2, -0.15) is 0 Å². The van der Waals surface area contributed by atoms with Crippen molar-refractivity contribution in [2.45, 2.75) is 170 Å². The molecule has 4 saturated carbocycles. The van der Waals surface area contributed by atoms with E-state index >= 15 is 0 Å². The second-order valence-electron chi connectivity index (χ2n) is 21.4. The van der Waals surface area contributed by atoms with Gasteiger partial charge >= 0.3 is 24.1 Å². The van der Waals surface area contributed by atoms with Crippen LogP contribution in [0.15, 0.2) is 11.1 Å². The number of alkyl carbamates (subject to hydrolysis) is 1. The summed E-state index contributed by atoms with van der Waals surface area (Å²) in [7, 11) is 0. The fourth-order valence-corrected chi connectivity index (χ4v) is 13.1. The van der Waals surface area contributed by atoms with Crippen molar-refractivity contribution in [3.05, 3.63) is 11.1 Å². The lowest BCUT2D eigenvalue weighted by Gasteiger charge is -2.68. The summed E-state index contributed by atoms with van der Waals surface area (Å²) >= 11 is 0. The normalized spacial score (nSPS) is 37.0. The number of nitrogens with zero attached hydrogens (tertiary/aromatic N) is 1. The van der Waals surface area contributed by atoms with Gasteiger partial charge in [-0.15, -0.1) is 0 Å². The van der Waals surface area contributed by atoms with Crippen LogP contribution in [0.3, 0.4) is 0 Å². The first-order valence-electron chi connectivity index (χ1n) is 21.1. The number of hydrogen-bond acceptors (Lipinski definition) is 7. The summed E-state index contributed by atoms with van der Waals surface area (Å²) in [4.78, 5) is 67.1. The number of carboxylic acid groups (broad SMARTS) is 1. The predicted octanol–water partition coefficient (Wildman–Crippen LogP) is 8.05. The van der Waals surface area contributed by atoms with Crippen LogP contribution in [0.5, 0.6) is 0 Å². The van der Waals surface area contributed by atoms with Gasteiger partial charge in [0, 0.05) is 24.9 Å². The van der Waals surface area contributed by atoms with E-state index in [1.54, 1.807) is 18.7 Å². The molecule has 11 nitrogen and oxygen atoms in total. The van der Waals surface area contributed by atoms with Gasteiger partial charge in [-0.1, -0.05) is 41.5 Å². The Balaban J connectivity index is 1.20. The smallest absolute Gasteiger partial charge is 0.407 e. The summed E-state index contributed by atoms with van der Waals surface area (Å²) in [6.45, 7) is 23.3. The van der Waals surface area contributed by atoms with E-state index < -0.39 is 34.6 Å². The van der Waals surface area contributed by atoms with E-state index in [-0.39, 0.29) is 58.5 Å². The van der Waals surface area contributed by atoms with Crippen LogP contribution in [-0.2, 0) is 23.9 Å². The molecule has 0 bridgehead atoms. The van der Waals surface area contributed by atoms with Crippen LogP contribution in [0, 0.1) is 51.2 Å². The van der Waals surface area contributed by atoms with E-state index in [0.717, 1.165) is 56.9 Å². The highest BCUT2D eigenvalue weighted by Gasteiger charge is 2.67. The number of aliphatic carboxylic acids is 1. The monoisotopic (exact) mass is 768 g/mol. The van der Waals surface area contributed by atoms with Crippen LogP contribution in [0.4, 0.5) is 9.59 Å². The molecule has 1 saturated heterocycles. The average Bonchev–Trinajstić information content (AvgIpc) is 3.62. The fraction of sp³-hybridized carbons (Fsp3) is 0.841. The molecule has 11 heteroatoms. The molecular weight excluding hydrogens is 698 g/mol. The molecule has 1 heterocycles. The first kappa shape index (κ1) is 41.5. The van der Waals surface area contributed by atoms with Gasteiger partial charge in [-0.3, -0.25) is 14.4 Å². The highest BCUT2D eigenvalue weighted by Crippen LogP contribution is 2.72. The number of carbonyl (C=O) groups is 5. The van der Waals surface area contributed by atoms with Crippen molar-refractivity contribution in [2.75, 3.05) is 13.1 Å². The van der Waals surface area contributed by atoms with Gasteiger partial charge in [0.15, 0.2) is 5.78 Å². The molecule has 5 unspecified atom stereocenters. The van der Waals surface area contributed by atoms with Crippen LogP contribution in [-0.4, -0.2) is 76.2 Å². The zero-order chi connectivity index (χ0) is 40.7. The van der Waals surface area contributed by atoms with E-state index in [1.165, 1.54) is 5.57 Å².